The third kappa shape index (κ3) is 3.35. The van der Waals surface area contributed by atoms with Crippen molar-refractivity contribution in [3.8, 4) is 11.8 Å². The van der Waals surface area contributed by atoms with Gasteiger partial charge in [-0.1, -0.05) is 18.2 Å². The van der Waals surface area contributed by atoms with Crippen molar-refractivity contribution in [1.82, 2.24) is 19.3 Å². The number of para-hydroxylation sites is 1. The molecule has 4 rings (SSSR count). The molecule has 0 unspecified atom stereocenters. The van der Waals surface area contributed by atoms with Crippen LogP contribution in [0.3, 0.4) is 0 Å². The number of hydrogen-bond donors (Lipinski definition) is 0. The van der Waals surface area contributed by atoms with Crippen LogP contribution in [-0.2, 0) is 11.8 Å². The largest absolute Gasteiger partial charge is 0.378 e. The highest BCUT2D eigenvalue weighted by Gasteiger charge is 2.23. The van der Waals surface area contributed by atoms with Crippen molar-refractivity contribution in [3.05, 3.63) is 60.2 Å². The quantitative estimate of drug-likeness (QED) is 0.669. The van der Waals surface area contributed by atoms with Crippen LogP contribution in [0.4, 0.5) is 5.95 Å². The second-order valence-corrected chi connectivity index (χ2v) is 6.31. The molecule has 0 spiro atoms. The average molecular weight is 360 g/mol. The first-order valence-electron chi connectivity index (χ1n) is 8.85. The first-order chi connectivity index (χ1) is 13.3. The summed E-state index contributed by atoms with van der Waals surface area (Å²) in [5.74, 6) is 1.26. The number of allylic oxidation sites excluding steroid dienone is 1. The number of hydrogen-bond acceptors (Lipinski definition) is 5. The SMILES string of the molecule is Cn1cccc1/C=C(\C#N)c1nnc(N2CCOCC2)n1-c1ccccc1. The van der Waals surface area contributed by atoms with Gasteiger partial charge in [-0.15, -0.1) is 10.2 Å². The fraction of sp³-hybridized carbons (Fsp3) is 0.250. The molecule has 0 bridgehead atoms. The van der Waals surface area contributed by atoms with Gasteiger partial charge in [-0.3, -0.25) is 4.57 Å². The minimum atomic E-state index is 0.465. The van der Waals surface area contributed by atoms with Gasteiger partial charge in [0.2, 0.25) is 5.95 Å². The van der Waals surface area contributed by atoms with Crippen molar-refractivity contribution < 1.29 is 4.74 Å². The third-order valence-electron chi connectivity index (χ3n) is 4.59. The van der Waals surface area contributed by atoms with Crippen molar-refractivity contribution in [2.45, 2.75) is 0 Å². The van der Waals surface area contributed by atoms with E-state index in [9.17, 15) is 5.26 Å². The van der Waals surface area contributed by atoms with E-state index in [4.69, 9.17) is 4.74 Å². The minimum Gasteiger partial charge on any atom is -0.378 e. The Hall–Kier alpha value is -3.37. The van der Waals surface area contributed by atoms with Gasteiger partial charge in [-0.2, -0.15) is 5.26 Å². The van der Waals surface area contributed by atoms with E-state index >= 15 is 0 Å². The molecule has 1 saturated heterocycles. The summed E-state index contributed by atoms with van der Waals surface area (Å²) in [6.07, 6.45) is 3.79. The van der Waals surface area contributed by atoms with Crippen molar-refractivity contribution >= 4 is 17.6 Å². The molecule has 0 amide bonds. The Kier molecular flexibility index (Phi) is 4.73. The maximum absolute atomic E-state index is 9.82. The molecule has 0 saturated carbocycles. The van der Waals surface area contributed by atoms with E-state index in [0.717, 1.165) is 30.4 Å². The Morgan fingerprint density at radius 3 is 2.56 bits per heavy atom. The average Bonchev–Trinajstić information content (AvgIpc) is 3.34. The monoisotopic (exact) mass is 360 g/mol. The second kappa shape index (κ2) is 7.48. The van der Waals surface area contributed by atoms with Crippen molar-refractivity contribution in [3.63, 3.8) is 0 Å². The van der Waals surface area contributed by atoms with Crippen LogP contribution in [0.15, 0.2) is 48.7 Å². The van der Waals surface area contributed by atoms with Crippen LogP contribution >= 0.6 is 0 Å². The Labute approximate surface area is 157 Å². The molecule has 136 valence electrons. The zero-order chi connectivity index (χ0) is 18.6. The first kappa shape index (κ1) is 17.1. The van der Waals surface area contributed by atoms with Gasteiger partial charge in [0.1, 0.15) is 6.07 Å². The number of morpholine rings is 1. The molecule has 3 aromatic rings. The maximum Gasteiger partial charge on any atom is 0.232 e. The van der Waals surface area contributed by atoms with Crippen LogP contribution in [-0.4, -0.2) is 45.6 Å². The molecule has 7 heteroatoms. The molecular formula is C20H20N6O. The number of rotatable bonds is 4. The van der Waals surface area contributed by atoms with E-state index in [0.29, 0.717) is 24.6 Å². The fourth-order valence-corrected chi connectivity index (χ4v) is 3.15. The van der Waals surface area contributed by atoms with Crippen LogP contribution in [0.5, 0.6) is 0 Å². The molecule has 7 nitrogen and oxygen atoms in total. The standard InChI is InChI=1S/C20H20N6O/c1-24-9-5-8-18(24)14-16(15-21)19-22-23-20(25-10-12-27-13-11-25)26(19)17-6-3-2-4-7-17/h2-9,14H,10-13H2,1H3/b16-14+. The van der Waals surface area contributed by atoms with Gasteiger partial charge >= 0.3 is 0 Å². The summed E-state index contributed by atoms with van der Waals surface area (Å²) in [6, 6.07) is 16.1. The van der Waals surface area contributed by atoms with Gasteiger partial charge in [0, 0.05) is 32.0 Å². The zero-order valence-electron chi connectivity index (χ0n) is 15.1. The Bertz CT molecular complexity index is 989. The van der Waals surface area contributed by atoms with Crippen LogP contribution in [0, 0.1) is 11.3 Å². The lowest BCUT2D eigenvalue weighted by molar-refractivity contribution is 0.122. The molecule has 2 aromatic heterocycles. The number of nitrogens with zero attached hydrogens (tertiary/aromatic N) is 6. The summed E-state index contributed by atoms with van der Waals surface area (Å²) < 4.78 is 9.37. The maximum atomic E-state index is 9.82. The number of nitriles is 1. The molecular weight excluding hydrogens is 340 g/mol. The number of anilines is 1. The molecule has 27 heavy (non-hydrogen) atoms. The normalized spacial score (nSPS) is 15.0. The molecule has 0 N–H and O–H groups in total. The van der Waals surface area contributed by atoms with E-state index in [1.807, 2.05) is 70.9 Å². The van der Waals surface area contributed by atoms with Crippen LogP contribution in [0.25, 0.3) is 17.3 Å². The lowest BCUT2D eigenvalue weighted by Gasteiger charge is -2.28. The molecule has 0 atom stereocenters. The summed E-state index contributed by atoms with van der Waals surface area (Å²) in [6.45, 7) is 2.80. The molecule has 1 fully saturated rings. The Balaban J connectivity index is 1.85. The van der Waals surface area contributed by atoms with E-state index in [1.54, 1.807) is 0 Å². The highest BCUT2D eigenvalue weighted by atomic mass is 16.5. The van der Waals surface area contributed by atoms with Crippen LogP contribution in [0.2, 0.25) is 0 Å². The van der Waals surface area contributed by atoms with E-state index in [-0.39, 0.29) is 0 Å². The number of aryl methyl sites for hydroxylation is 1. The number of benzene rings is 1. The van der Waals surface area contributed by atoms with Gasteiger partial charge in [0.05, 0.1) is 24.5 Å². The summed E-state index contributed by atoms with van der Waals surface area (Å²) in [5, 5.41) is 18.6. The highest BCUT2D eigenvalue weighted by molar-refractivity contribution is 5.87. The van der Waals surface area contributed by atoms with Gasteiger partial charge in [-0.25, -0.2) is 0 Å². The van der Waals surface area contributed by atoms with Crippen LogP contribution in [0.1, 0.15) is 11.5 Å². The highest BCUT2D eigenvalue weighted by Crippen LogP contribution is 2.26. The van der Waals surface area contributed by atoms with E-state index in [1.165, 1.54) is 0 Å². The van der Waals surface area contributed by atoms with Gasteiger partial charge in [-0.05, 0) is 30.3 Å². The molecule has 0 radical (unpaired) electrons. The molecule has 0 aliphatic carbocycles. The second-order valence-electron chi connectivity index (χ2n) is 6.31. The summed E-state index contributed by atoms with van der Waals surface area (Å²) in [4.78, 5) is 2.14. The smallest absolute Gasteiger partial charge is 0.232 e. The predicted octanol–water partition coefficient (Wildman–Crippen LogP) is 2.51. The first-order valence-corrected chi connectivity index (χ1v) is 8.85. The summed E-state index contributed by atoms with van der Waals surface area (Å²) in [5.41, 5.74) is 2.32. The van der Waals surface area contributed by atoms with E-state index < -0.39 is 0 Å². The number of aromatic nitrogens is 4. The van der Waals surface area contributed by atoms with Crippen molar-refractivity contribution in [1.29, 1.82) is 5.26 Å². The minimum absolute atomic E-state index is 0.465. The predicted molar refractivity (Wildman–Crippen MR) is 103 cm³/mol. The van der Waals surface area contributed by atoms with Crippen molar-refractivity contribution in [2.75, 3.05) is 31.2 Å². The summed E-state index contributed by atoms with van der Waals surface area (Å²) >= 11 is 0. The molecule has 1 aliphatic heterocycles. The topological polar surface area (TPSA) is 71.9 Å². The number of ether oxygens (including phenoxy) is 1. The van der Waals surface area contributed by atoms with Crippen molar-refractivity contribution in [2.24, 2.45) is 7.05 Å². The van der Waals surface area contributed by atoms with Gasteiger partial charge < -0.3 is 14.2 Å². The van der Waals surface area contributed by atoms with Gasteiger partial charge in [0.15, 0.2) is 5.82 Å². The Morgan fingerprint density at radius 2 is 1.89 bits per heavy atom. The fourth-order valence-electron chi connectivity index (χ4n) is 3.15. The lowest BCUT2D eigenvalue weighted by Crippen LogP contribution is -2.38. The lowest BCUT2D eigenvalue weighted by atomic mass is 10.2. The van der Waals surface area contributed by atoms with Crippen LogP contribution < -0.4 is 4.90 Å². The molecule has 1 aliphatic rings. The van der Waals surface area contributed by atoms with Gasteiger partial charge in [0.25, 0.3) is 0 Å². The third-order valence-corrected chi connectivity index (χ3v) is 4.59. The molecule has 1 aromatic carbocycles. The zero-order valence-corrected chi connectivity index (χ0v) is 15.1. The Morgan fingerprint density at radius 1 is 1.11 bits per heavy atom. The molecule has 3 heterocycles. The van der Waals surface area contributed by atoms with E-state index in [2.05, 4.69) is 21.2 Å². The summed E-state index contributed by atoms with van der Waals surface area (Å²) in [7, 11) is 1.95.